The number of hydrogen-bond acceptors (Lipinski definition) is 4. The van der Waals surface area contributed by atoms with Gasteiger partial charge in [-0.15, -0.1) is 0 Å². The van der Waals surface area contributed by atoms with Gasteiger partial charge >= 0.3 is 0 Å². The second kappa shape index (κ2) is 6.86. The number of nitrogens with zero attached hydrogens (tertiary/aromatic N) is 1. The number of anilines is 2. The molecular weight excluding hydrogens is 358 g/mol. The third-order valence-corrected chi connectivity index (χ3v) is 4.52. The Kier molecular flexibility index (Phi) is 4.39. The summed E-state index contributed by atoms with van der Waals surface area (Å²) in [7, 11) is 0. The summed E-state index contributed by atoms with van der Waals surface area (Å²) in [4.78, 5) is 26.0. The zero-order valence-corrected chi connectivity index (χ0v) is 14.2. The van der Waals surface area contributed by atoms with Crippen molar-refractivity contribution in [2.24, 2.45) is 5.92 Å². The molecule has 0 bridgehead atoms. The monoisotopic (exact) mass is 374 g/mol. The van der Waals surface area contributed by atoms with Gasteiger partial charge in [0.05, 0.1) is 5.92 Å². The van der Waals surface area contributed by atoms with Crippen molar-refractivity contribution in [1.29, 1.82) is 0 Å². The van der Waals surface area contributed by atoms with Crippen molar-refractivity contribution in [3.05, 3.63) is 48.0 Å². The van der Waals surface area contributed by atoms with E-state index in [1.54, 1.807) is 18.2 Å². The molecule has 0 saturated carbocycles. The van der Waals surface area contributed by atoms with E-state index in [9.17, 15) is 18.4 Å². The number of amides is 2. The Labute approximate surface area is 153 Å². The molecule has 2 aliphatic rings. The summed E-state index contributed by atoms with van der Waals surface area (Å²) in [5, 5.41) is 2.76. The molecule has 1 fully saturated rings. The van der Waals surface area contributed by atoms with E-state index in [4.69, 9.17) is 9.47 Å². The Balaban J connectivity index is 1.45. The number of halogens is 2. The van der Waals surface area contributed by atoms with Crippen LogP contribution in [0.3, 0.4) is 0 Å². The summed E-state index contributed by atoms with van der Waals surface area (Å²) in [5.74, 6) is -2.11. The number of fused-ring (bicyclic) bond motifs is 1. The lowest BCUT2D eigenvalue weighted by molar-refractivity contribution is -0.122. The minimum atomic E-state index is -1.04. The quantitative estimate of drug-likeness (QED) is 0.897. The molecule has 1 atom stereocenters. The maximum Gasteiger partial charge on any atom is 0.229 e. The second-order valence-corrected chi connectivity index (χ2v) is 6.35. The van der Waals surface area contributed by atoms with Crippen LogP contribution in [-0.2, 0) is 9.59 Å². The first-order valence-corrected chi connectivity index (χ1v) is 8.47. The Morgan fingerprint density at radius 3 is 2.59 bits per heavy atom. The summed E-state index contributed by atoms with van der Waals surface area (Å²) >= 11 is 0. The molecule has 4 rings (SSSR count). The SMILES string of the molecule is O=C(Nc1ccc2c(c1)OCCO2)C1CC(=O)N(c2ccc(F)c(F)c2)C1. The summed E-state index contributed by atoms with van der Waals surface area (Å²) in [6.45, 7) is 1.01. The van der Waals surface area contributed by atoms with Crippen molar-refractivity contribution in [2.75, 3.05) is 30.0 Å². The van der Waals surface area contributed by atoms with Crippen LogP contribution in [0.15, 0.2) is 36.4 Å². The van der Waals surface area contributed by atoms with Gasteiger partial charge in [-0.2, -0.15) is 0 Å². The highest BCUT2D eigenvalue weighted by molar-refractivity contribution is 6.03. The Morgan fingerprint density at radius 1 is 1.04 bits per heavy atom. The molecule has 2 aliphatic heterocycles. The van der Waals surface area contributed by atoms with E-state index in [0.717, 1.165) is 12.1 Å². The summed E-state index contributed by atoms with van der Waals surface area (Å²) < 4.78 is 37.4. The number of hydrogen-bond donors (Lipinski definition) is 1. The Morgan fingerprint density at radius 2 is 1.81 bits per heavy atom. The summed E-state index contributed by atoms with van der Waals surface area (Å²) in [6, 6.07) is 8.29. The molecule has 2 aromatic carbocycles. The molecule has 0 aromatic heterocycles. The highest BCUT2D eigenvalue weighted by Gasteiger charge is 2.35. The third kappa shape index (κ3) is 3.42. The zero-order valence-electron chi connectivity index (χ0n) is 14.2. The predicted molar refractivity (Wildman–Crippen MR) is 92.9 cm³/mol. The lowest BCUT2D eigenvalue weighted by Gasteiger charge is -2.19. The van der Waals surface area contributed by atoms with Gasteiger partial charge in [0.15, 0.2) is 23.1 Å². The Bertz CT molecular complexity index is 919. The van der Waals surface area contributed by atoms with Crippen molar-refractivity contribution >= 4 is 23.2 Å². The molecule has 27 heavy (non-hydrogen) atoms. The zero-order chi connectivity index (χ0) is 19.0. The van der Waals surface area contributed by atoms with E-state index in [2.05, 4.69) is 5.32 Å². The van der Waals surface area contributed by atoms with E-state index < -0.39 is 17.6 Å². The van der Waals surface area contributed by atoms with Crippen molar-refractivity contribution in [3.63, 3.8) is 0 Å². The van der Waals surface area contributed by atoms with Crippen molar-refractivity contribution in [2.45, 2.75) is 6.42 Å². The average molecular weight is 374 g/mol. The molecule has 1 saturated heterocycles. The van der Waals surface area contributed by atoms with Crippen LogP contribution in [0.25, 0.3) is 0 Å². The highest BCUT2D eigenvalue weighted by Crippen LogP contribution is 2.33. The first-order chi connectivity index (χ1) is 13.0. The molecule has 2 amide bonds. The maximum atomic E-state index is 13.4. The smallest absolute Gasteiger partial charge is 0.229 e. The summed E-state index contributed by atoms with van der Waals surface area (Å²) in [6.07, 6.45) is -0.00458. The number of ether oxygens (including phenoxy) is 2. The van der Waals surface area contributed by atoms with Gasteiger partial charge in [0, 0.05) is 36.5 Å². The van der Waals surface area contributed by atoms with Crippen LogP contribution in [0.2, 0.25) is 0 Å². The summed E-state index contributed by atoms with van der Waals surface area (Å²) in [5.41, 5.74) is 0.761. The number of benzene rings is 2. The van der Waals surface area contributed by atoms with Crippen molar-refractivity contribution in [3.8, 4) is 11.5 Å². The van der Waals surface area contributed by atoms with E-state index >= 15 is 0 Å². The molecule has 8 heteroatoms. The van der Waals surface area contributed by atoms with Gasteiger partial charge < -0.3 is 19.7 Å². The molecule has 0 aliphatic carbocycles. The van der Waals surface area contributed by atoms with Crippen LogP contribution < -0.4 is 19.7 Å². The van der Waals surface area contributed by atoms with Crippen LogP contribution in [0, 0.1) is 17.6 Å². The highest BCUT2D eigenvalue weighted by atomic mass is 19.2. The van der Waals surface area contributed by atoms with E-state index in [-0.39, 0.29) is 30.5 Å². The fraction of sp³-hybridized carbons (Fsp3) is 0.263. The first kappa shape index (κ1) is 17.3. The van der Waals surface area contributed by atoms with E-state index in [0.29, 0.717) is 30.4 Å². The van der Waals surface area contributed by atoms with Gasteiger partial charge in [-0.1, -0.05) is 0 Å². The van der Waals surface area contributed by atoms with Gasteiger partial charge in [-0.05, 0) is 24.3 Å². The fourth-order valence-electron chi connectivity index (χ4n) is 3.15. The molecular formula is C19H16F2N2O4. The van der Waals surface area contributed by atoms with E-state index in [1.165, 1.54) is 11.0 Å². The number of rotatable bonds is 3. The number of carbonyl (C=O) groups is 2. The lowest BCUT2D eigenvalue weighted by Crippen LogP contribution is -2.28. The second-order valence-electron chi connectivity index (χ2n) is 6.35. The van der Waals surface area contributed by atoms with Crippen LogP contribution >= 0.6 is 0 Å². The molecule has 1 unspecified atom stereocenters. The average Bonchev–Trinajstić information content (AvgIpc) is 3.06. The van der Waals surface area contributed by atoms with Gasteiger partial charge in [0.1, 0.15) is 13.2 Å². The normalized spacial score (nSPS) is 18.5. The maximum absolute atomic E-state index is 13.4. The van der Waals surface area contributed by atoms with Gasteiger partial charge in [-0.25, -0.2) is 8.78 Å². The third-order valence-electron chi connectivity index (χ3n) is 4.52. The molecule has 0 radical (unpaired) electrons. The van der Waals surface area contributed by atoms with Gasteiger partial charge in [0.25, 0.3) is 0 Å². The van der Waals surface area contributed by atoms with Gasteiger partial charge in [0.2, 0.25) is 11.8 Å². The van der Waals surface area contributed by atoms with Crippen LogP contribution in [0.5, 0.6) is 11.5 Å². The van der Waals surface area contributed by atoms with Crippen LogP contribution in [-0.4, -0.2) is 31.6 Å². The molecule has 6 nitrogen and oxygen atoms in total. The number of carbonyl (C=O) groups excluding carboxylic acids is 2. The fourth-order valence-corrected chi connectivity index (χ4v) is 3.15. The minimum Gasteiger partial charge on any atom is -0.486 e. The van der Waals surface area contributed by atoms with E-state index in [1.807, 2.05) is 0 Å². The topological polar surface area (TPSA) is 67.9 Å². The standard InChI is InChI=1S/C19H16F2N2O4/c20-14-3-2-13(9-15(14)21)23-10-11(7-18(23)24)19(25)22-12-1-4-16-17(8-12)27-6-5-26-16/h1-4,8-9,11H,5-7,10H2,(H,22,25). The largest absolute Gasteiger partial charge is 0.486 e. The molecule has 140 valence electrons. The van der Waals surface area contributed by atoms with Gasteiger partial charge in [-0.3, -0.25) is 9.59 Å². The Hall–Kier alpha value is -3.16. The minimum absolute atomic E-state index is 0.00458. The van der Waals surface area contributed by atoms with Crippen molar-refractivity contribution < 1.29 is 27.8 Å². The van der Waals surface area contributed by atoms with Crippen LogP contribution in [0.4, 0.5) is 20.2 Å². The van der Waals surface area contributed by atoms with Crippen LogP contribution in [0.1, 0.15) is 6.42 Å². The van der Waals surface area contributed by atoms with Crippen molar-refractivity contribution in [1.82, 2.24) is 0 Å². The molecule has 2 aromatic rings. The molecule has 2 heterocycles. The molecule has 1 N–H and O–H groups in total. The molecule has 0 spiro atoms. The number of nitrogens with one attached hydrogen (secondary N) is 1. The first-order valence-electron chi connectivity index (χ1n) is 8.47. The predicted octanol–water partition coefficient (Wildman–Crippen LogP) is 2.73. The lowest BCUT2D eigenvalue weighted by atomic mass is 10.1.